The molecular weight excluding hydrogens is 294 g/mol. The van der Waals surface area contributed by atoms with Gasteiger partial charge in [0, 0.05) is 11.9 Å². The van der Waals surface area contributed by atoms with E-state index in [-0.39, 0.29) is 11.3 Å². The number of alkyl halides is 1. The molecule has 1 aromatic rings. The molecule has 0 aromatic carbocycles. The molecule has 0 bridgehead atoms. The number of aryl methyl sites for hydroxylation is 1. The van der Waals surface area contributed by atoms with Gasteiger partial charge in [-0.05, 0) is 31.2 Å². The Bertz CT molecular complexity index is 408. The van der Waals surface area contributed by atoms with Crippen LogP contribution < -0.4 is 5.32 Å². The van der Waals surface area contributed by atoms with Crippen LogP contribution in [0.15, 0.2) is 16.7 Å². The average Bonchev–Trinajstić information content (AvgIpc) is 2.83. The first-order chi connectivity index (χ1) is 8.67. The van der Waals surface area contributed by atoms with E-state index >= 15 is 0 Å². The van der Waals surface area contributed by atoms with Crippen molar-refractivity contribution in [3.05, 3.63) is 23.7 Å². The number of halogens is 1. The minimum absolute atomic E-state index is 0.0212. The van der Waals surface area contributed by atoms with Gasteiger partial charge in [0.05, 0.1) is 11.8 Å². The normalized spacial score (nSPS) is 18.6. The number of amides is 1. The maximum atomic E-state index is 12.0. The third-order valence-corrected chi connectivity index (χ3v) is 5.11. The zero-order valence-electron chi connectivity index (χ0n) is 10.8. The number of hydrogen-bond acceptors (Lipinski definition) is 2. The van der Waals surface area contributed by atoms with E-state index < -0.39 is 0 Å². The summed E-state index contributed by atoms with van der Waals surface area (Å²) < 4.78 is 5.16. The van der Waals surface area contributed by atoms with Gasteiger partial charge in [-0.1, -0.05) is 35.2 Å². The molecule has 0 atom stereocenters. The molecule has 0 radical (unpaired) electrons. The Morgan fingerprint density at radius 3 is 2.72 bits per heavy atom. The molecular formula is C14H20BrNO2. The predicted octanol–water partition coefficient (Wildman–Crippen LogP) is 3.66. The number of nitrogens with one attached hydrogen (secondary N) is 1. The van der Waals surface area contributed by atoms with Gasteiger partial charge in [-0.25, -0.2) is 0 Å². The Morgan fingerprint density at radius 1 is 1.44 bits per heavy atom. The summed E-state index contributed by atoms with van der Waals surface area (Å²) in [5.41, 5.74) is 0.890. The highest BCUT2D eigenvalue weighted by molar-refractivity contribution is 9.09. The summed E-state index contributed by atoms with van der Waals surface area (Å²) in [6, 6.07) is 1.73. The van der Waals surface area contributed by atoms with Crippen LogP contribution in [0.4, 0.5) is 0 Å². The molecule has 0 spiro atoms. The molecule has 4 heteroatoms. The van der Waals surface area contributed by atoms with Crippen LogP contribution in [-0.4, -0.2) is 17.8 Å². The number of carbonyl (C=O) groups excluding carboxylic acids is 1. The van der Waals surface area contributed by atoms with Crippen molar-refractivity contribution < 1.29 is 9.21 Å². The van der Waals surface area contributed by atoms with Crippen LogP contribution in [0.1, 0.15) is 48.2 Å². The molecule has 1 aliphatic carbocycles. The van der Waals surface area contributed by atoms with Gasteiger partial charge in [0.25, 0.3) is 5.91 Å². The Morgan fingerprint density at radius 2 is 2.17 bits per heavy atom. The quantitative estimate of drug-likeness (QED) is 0.862. The molecule has 0 aliphatic heterocycles. The summed E-state index contributed by atoms with van der Waals surface area (Å²) in [5, 5.41) is 4.02. The Kier molecular flexibility index (Phi) is 4.49. The van der Waals surface area contributed by atoms with E-state index in [4.69, 9.17) is 4.42 Å². The topological polar surface area (TPSA) is 42.2 Å². The van der Waals surface area contributed by atoms with E-state index in [2.05, 4.69) is 21.2 Å². The van der Waals surface area contributed by atoms with Crippen molar-refractivity contribution in [3.8, 4) is 0 Å². The van der Waals surface area contributed by atoms with Gasteiger partial charge in [0.15, 0.2) is 0 Å². The summed E-state index contributed by atoms with van der Waals surface area (Å²) in [4.78, 5) is 12.0. The van der Waals surface area contributed by atoms with Crippen LogP contribution in [0.3, 0.4) is 0 Å². The fourth-order valence-electron chi connectivity index (χ4n) is 2.64. The monoisotopic (exact) mass is 313 g/mol. The van der Waals surface area contributed by atoms with Crippen molar-refractivity contribution in [1.82, 2.24) is 5.32 Å². The lowest BCUT2D eigenvalue weighted by Crippen LogP contribution is -2.40. The molecule has 0 saturated heterocycles. The van der Waals surface area contributed by atoms with E-state index in [1.807, 2.05) is 6.92 Å². The number of carbonyl (C=O) groups is 1. The van der Waals surface area contributed by atoms with Crippen LogP contribution in [0.25, 0.3) is 0 Å². The smallest absolute Gasteiger partial charge is 0.254 e. The highest BCUT2D eigenvalue weighted by Crippen LogP contribution is 2.37. The SMILES string of the molecule is Cc1occc1C(=O)NCC1(CBr)CCCCC1. The van der Waals surface area contributed by atoms with Crippen LogP contribution in [0.5, 0.6) is 0 Å². The molecule has 1 N–H and O–H groups in total. The first-order valence-electron chi connectivity index (χ1n) is 6.55. The second-order valence-electron chi connectivity index (χ2n) is 5.27. The van der Waals surface area contributed by atoms with E-state index in [9.17, 15) is 4.79 Å². The molecule has 18 heavy (non-hydrogen) atoms. The zero-order valence-corrected chi connectivity index (χ0v) is 12.4. The van der Waals surface area contributed by atoms with E-state index in [1.165, 1.54) is 32.1 Å². The Hall–Kier alpha value is -0.770. The Balaban J connectivity index is 1.94. The van der Waals surface area contributed by atoms with Crippen LogP contribution in [-0.2, 0) is 0 Å². The lowest BCUT2D eigenvalue weighted by Gasteiger charge is -2.35. The lowest BCUT2D eigenvalue weighted by molar-refractivity contribution is 0.0920. The minimum Gasteiger partial charge on any atom is -0.469 e. The lowest BCUT2D eigenvalue weighted by atomic mass is 9.75. The van der Waals surface area contributed by atoms with Gasteiger partial charge >= 0.3 is 0 Å². The number of rotatable bonds is 4. The van der Waals surface area contributed by atoms with Crippen molar-refractivity contribution in [2.75, 3.05) is 11.9 Å². The van der Waals surface area contributed by atoms with Crippen molar-refractivity contribution in [3.63, 3.8) is 0 Å². The standard InChI is InChI=1S/C14H20BrNO2/c1-11-12(5-8-18-11)13(17)16-10-14(9-15)6-3-2-4-7-14/h5,8H,2-4,6-7,9-10H2,1H3,(H,16,17). The van der Waals surface area contributed by atoms with Crippen LogP contribution >= 0.6 is 15.9 Å². The molecule has 1 amide bonds. The third kappa shape index (κ3) is 2.97. The number of furan rings is 1. The third-order valence-electron chi connectivity index (χ3n) is 3.93. The van der Waals surface area contributed by atoms with Gasteiger partial charge in [-0.15, -0.1) is 0 Å². The van der Waals surface area contributed by atoms with Crippen molar-refractivity contribution >= 4 is 21.8 Å². The number of hydrogen-bond donors (Lipinski definition) is 1. The first kappa shape index (κ1) is 13.7. The van der Waals surface area contributed by atoms with Gasteiger partial charge in [0.2, 0.25) is 0 Å². The minimum atomic E-state index is -0.0212. The largest absolute Gasteiger partial charge is 0.469 e. The molecule has 0 unspecified atom stereocenters. The molecule has 1 saturated carbocycles. The highest BCUT2D eigenvalue weighted by Gasteiger charge is 2.31. The first-order valence-corrected chi connectivity index (χ1v) is 7.67. The fraction of sp³-hybridized carbons (Fsp3) is 0.643. The van der Waals surface area contributed by atoms with Gasteiger partial charge in [-0.2, -0.15) is 0 Å². The Labute approximate surface area is 116 Å². The predicted molar refractivity (Wildman–Crippen MR) is 75.1 cm³/mol. The van der Waals surface area contributed by atoms with Crippen molar-refractivity contribution in [2.45, 2.75) is 39.0 Å². The van der Waals surface area contributed by atoms with Crippen molar-refractivity contribution in [1.29, 1.82) is 0 Å². The van der Waals surface area contributed by atoms with E-state index in [0.29, 0.717) is 11.3 Å². The molecule has 3 nitrogen and oxygen atoms in total. The summed E-state index contributed by atoms with van der Waals surface area (Å²) in [7, 11) is 0. The van der Waals surface area contributed by atoms with Gasteiger partial charge in [-0.3, -0.25) is 4.79 Å². The maximum absolute atomic E-state index is 12.0. The molecule has 1 fully saturated rings. The molecule has 1 aliphatic rings. The molecule has 1 aromatic heterocycles. The van der Waals surface area contributed by atoms with E-state index in [0.717, 1.165) is 11.9 Å². The van der Waals surface area contributed by atoms with Crippen LogP contribution in [0, 0.1) is 12.3 Å². The van der Waals surface area contributed by atoms with E-state index in [1.54, 1.807) is 12.3 Å². The van der Waals surface area contributed by atoms with Gasteiger partial charge < -0.3 is 9.73 Å². The zero-order chi connectivity index (χ0) is 13.0. The summed E-state index contributed by atoms with van der Waals surface area (Å²) in [5.74, 6) is 0.663. The average molecular weight is 314 g/mol. The molecule has 2 rings (SSSR count). The second-order valence-corrected chi connectivity index (χ2v) is 5.83. The molecule has 1 heterocycles. The second kappa shape index (κ2) is 5.91. The molecule has 100 valence electrons. The summed E-state index contributed by atoms with van der Waals surface area (Å²) >= 11 is 3.61. The van der Waals surface area contributed by atoms with Gasteiger partial charge in [0.1, 0.15) is 5.76 Å². The van der Waals surface area contributed by atoms with Crippen LogP contribution in [0.2, 0.25) is 0 Å². The summed E-state index contributed by atoms with van der Waals surface area (Å²) in [6.07, 6.45) is 7.82. The maximum Gasteiger partial charge on any atom is 0.254 e. The fourth-order valence-corrected chi connectivity index (χ4v) is 3.40. The summed E-state index contributed by atoms with van der Waals surface area (Å²) in [6.45, 7) is 2.57. The highest BCUT2D eigenvalue weighted by atomic mass is 79.9. The van der Waals surface area contributed by atoms with Crippen molar-refractivity contribution in [2.24, 2.45) is 5.41 Å².